The van der Waals surface area contributed by atoms with Gasteiger partial charge in [0.25, 0.3) is 0 Å². The second kappa shape index (κ2) is 20.2. The van der Waals surface area contributed by atoms with Crippen molar-refractivity contribution in [1.82, 2.24) is 9.13 Å². The van der Waals surface area contributed by atoms with Crippen LogP contribution < -0.4 is 9.80 Å². The Morgan fingerprint density at radius 3 is 1.11 bits per heavy atom. The molecule has 0 unspecified atom stereocenters. The number of para-hydroxylation sites is 3. The van der Waals surface area contributed by atoms with E-state index in [-0.39, 0.29) is 10.8 Å². The van der Waals surface area contributed by atoms with E-state index < -0.39 is 0 Å². The van der Waals surface area contributed by atoms with Crippen molar-refractivity contribution in [1.29, 1.82) is 0 Å². The summed E-state index contributed by atoms with van der Waals surface area (Å²) >= 11 is 0. The summed E-state index contributed by atoms with van der Waals surface area (Å²) in [5, 5.41) is 11.2. The van der Waals surface area contributed by atoms with Gasteiger partial charge in [-0.1, -0.05) is 175 Å². The largest absolute Gasteiger partial charge is 0.456 e. The minimum atomic E-state index is -0.00822. The molecule has 6 heteroatoms. The van der Waals surface area contributed by atoms with Crippen molar-refractivity contribution in [3.8, 4) is 22.5 Å². The molecule has 17 rings (SSSR count). The number of fused-ring (bicyclic) bond motifs is 13. The molecular formula is C84H64N4O2. The highest BCUT2D eigenvalue weighted by Crippen LogP contribution is 2.46. The third-order valence-electron chi connectivity index (χ3n) is 18.5. The van der Waals surface area contributed by atoms with Crippen molar-refractivity contribution in [2.24, 2.45) is 0 Å². The van der Waals surface area contributed by atoms with E-state index in [1.165, 1.54) is 49.3 Å². The summed E-state index contributed by atoms with van der Waals surface area (Å²) in [5.41, 5.74) is 21.5. The SMILES string of the molecule is CC(C)(C)c1cccc(-n2c3ccccc3c3ccc(N(c4ccccc4)c4ccc5oc6cc7cc8c(cc7cc6c5c4)oc4ccc(N(c5ccc(-c6ccccc6)cc5)c5ccc6c7ccccc7n(-c7cccc(C(C)(C)C)c7)c6c5)cc48)cc32)c1. The van der Waals surface area contributed by atoms with E-state index in [1.54, 1.807) is 0 Å². The number of hydrogen-bond acceptors (Lipinski definition) is 4. The molecule has 0 amide bonds. The average molecular weight is 1160 g/mol. The lowest BCUT2D eigenvalue weighted by Gasteiger charge is -2.26. The molecule has 17 aromatic rings. The first-order chi connectivity index (χ1) is 43.8. The topological polar surface area (TPSA) is 42.6 Å². The summed E-state index contributed by atoms with van der Waals surface area (Å²) in [5.74, 6) is 0. The number of hydrogen-bond donors (Lipinski definition) is 0. The van der Waals surface area contributed by atoms with Crippen molar-refractivity contribution >= 4 is 132 Å². The Balaban J connectivity index is 0.786. The number of rotatable bonds is 9. The van der Waals surface area contributed by atoms with Gasteiger partial charge in [-0.25, -0.2) is 0 Å². The van der Waals surface area contributed by atoms with Crippen molar-refractivity contribution in [2.45, 2.75) is 52.4 Å². The first-order valence-electron chi connectivity index (χ1n) is 31.2. The summed E-state index contributed by atoms with van der Waals surface area (Å²) in [6.45, 7) is 13.7. The summed E-state index contributed by atoms with van der Waals surface area (Å²) in [4.78, 5) is 4.75. The van der Waals surface area contributed by atoms with E-state index in [0.717, 1.165) is 117 Å². The number of aromatic nitrogens is 2. The Labute approximate surface area is 522 Å². The Bertz CT molecular complexity index is 5690. The van der Waals surface area contributed by atoms with Gasteiger partial charge < -0.3 is 27.8 Å². The molecule has 4 heterocycles. The van der Waals surface area contributed by atoms with Crippen LogP contribution in [-0.2, 0) is 10.8 Å². The van der Waals surface area contributed by atoms with E-state index in [2.05, 4.69) is 340 Å². The summed E-state index contributed by atoms with van der Waals surface area (Å²) in [6, 6.07) is 102. The molecular weight excluding hydrogens is 1100 g/mol. The second-order valence-corrected chi connectivity index (χ2v) is 26.2. The van der Waals surface area contributed by atoms with Crippen molar-refractivity contribution < 1.29 is 8.83 Å². The first kappa shape index (κ1) is 53.2. The zero-order chi connectivity index (χ0) is 60.6. The maximum absolute atomic E-state index is 6.84. The number of nitrogens with zero attached hydrogens (tertiary/aromatic N) is 4. The van der Waals surface area contributed by atoms with Gasteiger partial charge in [0.2, 0.25) is 0 Å². The summed E-state index contributed by atoms with van der Waals surface area (Å²) < 4.78 is 18.5. The lowest BCUT2D eigenvalue weighted by Crippen LogP contribution is -2.11. The van der Waals surface area contributed by atoms with Crippen LogP contribution in [0.4, 0.5) is 34.1 Å². The highest BCUT2D eigenvalue weighted by atomic mass is 16.3. The van der Waals surface area contributed by atoms with E-state index in [0.29, 0.717) is 0 Å². The van der Waals surface area contributed by atoms with Crippen LogP contribution in [0.3, 0.4) is 0 Å². The Kier molecular flexibility index (Phi) is 12.0. The molecule has 13 aromatic carbocycles. The van der Waals surface area contributed by atoms with Gasteiger partial charge in [-0.15, -0.1) is 0 Å². The second-order valence-electron chi connectivity index (χ2n) is 26.2. The van der Waals surface area contributed by atoms with Crippen LogP contribution in [0.2, 0.25) is 0 Å². The van der Waals surface area contributed by atoms with E-state index in [4.69, 9.17) is 8.83 Å². The van der Waals surface area contributed by atoms with Gasteiger partial charge in [-0.05, 0) is 189 Å². The molecule has 4 aromatic heterocycles. The molecule has 0 N–H and O–H groups in total. The van der Waals surface area contributed by atoms with Gasteiger partial charge in [-0.2, -0.15) is 0 Å². The lowest BCUT2D eigenvalue weighted by atomic mass is 9.87. The minimum absolute atomic E-state index is 0.00245. The van der Waals surface area contributed by atoms with Gasteiger partial charge in [0, 0.05) is 88.6 Å². The highest BCUT2D eigenvalue weighted by molar-refractivity contribution is 6.17. The summed E-state index contributed by atoms with van der Waals surface area (Å²) in [6.07, 6.45) is 0. The molecule has 0 atom stereocenters. The molecule has 432 valence electrons. The Morgan fingerprint density at radius 1 is 0.256 bits per heavy atom. The van der Waals surface area contributed by atoms with Gasteiger partial charge in [0.1, 0.15) is 22.3 Å². The molecule has 0 aliphatic heterocycles. The van der Waals surface area contributed by atoms with Gasteiger partial charge >= 0.3 is 0 Å². The van der Waals surface area contributed by atoms with Crippen LogP contribution in [0, 0.1) is 0 Å². The Morgan fingerprint density at radius 2 is 0.633 bits per heavy atom. The minimum Gasteiger partial charge on any atom is -0.456 e. The molecule has 6 nitrogen and oxygen atoms in total. The number of furan rings is 2. The molecule has 0 saturated heterocycles. The van der Waals surface area contributed by atoms with E-state index in [9.17, 15) is 0 Å². The normalized spacial score (nSPS) is 12.3. The third-order valence-corrected chi connectivity index (χ3v) is 18.5. The maximum atomic E-state index is 6.84. The maximum Gasteiger partial charge on any atom is 0.136 e. The standard InChI is InChI=1S/C84H64N4O2/c1-83(2,3)57-21-17-25-61(47-57)87-75-29-15-13-27-67(75)69-39-35-65(51-77(69)87)85(59-23-11-8-12-24-59)63-37-41-79-73(49-63)71-43-55-46-82-72(44-56(55)45-81(71)89-79)74-50-64(38-42-80(74)90-82)86(60-33-31-54(32-34-60)53-19-9-7-10-20-53)66-36-40-70-68-28-14-16-30-76(68)88(78(70)52-66)62-26-18-22-58(48-62)84(4,5)6/h7-52H,1-6H3. The monoisotopic (exact) mass is 1160 g/mol. The molecule has 0 saturated carbocycles. The molecule has 0 radical (unpaired) electrons. The van der Waals surface area contributed by atoms with Crippen molar-refractivity contribution in [3.05, 3.63) is 290 Å². The van der Waals surface area contributed by atoms with Crippen LogP contribution in [0.1, 0.15) is 52.7 Å². The van der Waals surface area contributed by atoms with Crippen LogP contribution in [-0.4, -0.2) is 9.13 Å². The zero-order valence-corrected chi connectivity index (χ0v) is 51.2. The number of benzene rings is 13. The molecule has 90 heavy (non-hydrogen) atoms. The quantitative estimate of drug-likeness (QED) is 0.144. The predicted molar refractivity (Wildman–Crippen MR) is 379 cm³/mol. The molecule has 0 bridgehead atoms. The van der Waals surface area contributed by atoms with Crippen LogP contribution in [0.15, 0.2) is 288 Å². The fourth-order valence-electron chi connectivity index (χ4n) is 13.9. The van der Waals surface area contributed by atoms with Crippen molar-refractivity contribution in [3.63, 3.8) is 0 Å². The fraction of sp³-hybridized carbons (Fsp3) is 0.0952. The lowest BCUT2D eigenvalue weighted by molar-refractivity contribution is 0.589. The summed E-state index contributed by atoms with van der Waals surface area (Å²) in [7, 11) is 0. The van der Waals surface area contributed by atoms with Gasteiger partial charge in [0.15, 0.2) is 0 Å². The van der Waals surface area contributed by atoms with E-state index >= 15 is 0 Å². The third kappa shape index (κ3) is 8.76. The van der Waals surface area contributed by atoms with Gasteiger partial charge in [0.05, 0.1) is 22.1 Å². The fourth-order valence-corrected chi connectivity index (χ4v) is 13.9. The Hall–Kier alpha value is -11.1. The molecule has 0 fully saturated rings. The average Bonchev–Trinajstić information content (AvgIpc) is 1.63. The molecule has 0 aliphatic rings. The molecule has 0 aliphatic carbocycles. The van der Waals surface area contributed by atoms with E-state index in [1.807, 2.05) is 0 Å². The van der Waals surface area contributed by atoms with Crippen LogP contribution in [0.25, 0.3) is 121 Å². The number of anilines is 6. The first-order valence-corrected chi connectivity index (χ1v) is 31.2. The van der Waals surface area contributed by atoms with Gasteiger partial charge in [-0.3, -0.25) is 0 Å². The van der Waals surface area contributed by atoms with Crippen LogP contribution in [0.5, 0.6) is 0 Å². The van der Waals surface area contributed by atoms with Crippen LogP contribution >= 0.6 is 0 Å². The molecule has 0 spiro atoms. The highest BCUT2D eigenvalue weighted by Gasteiger charge is 2.24. The smallest absolute Gasteiger partial charge is 0.136 e. The zero-order valence-electron chi connectivity index (χ0n) is 51.2. The van der Waals surface area contributed by atoms with Crippen molar-refractivity contribution in [2.75, 3.05) is 9.80 Å². The predicted octanol–water partition coefficient (Wildman–Crippen LogP) is 24.0.